The highest BCUT2D eigenvalue weighted by atomic mass is 16.5. The third-order valence-electron chi connectivity index (χ3n) is 2.85. The lowest BCUT2D eigenvalue weighted by molar-refractivity contribution is 0.232. The first-order valence-corrected chi connectivity index (χ1v) is 5.82. The fraction of sp³-hybridized carbons (Fsp3) is 0.462. The van der Waals surface area contributed by atoms with Crippen molar-refractivity contribution in [3.05, 3.63) is 37.2 Å². The summed E-state index contributed by atoms with van der Waals surface area (Å²) >= 11 is 0. The van der Waals surface area contributed by atoms with Crippen molar-refractivity contribution in [3.63, 3.8) is 0 Å². The predicted molar refractivity (Wildman–Crippen MR) is 64.2 cm³/mol. The monoisotopic (exact) mass is 218 g/mol. The van der Waals surface area contributed by atoms with Gasteiger partial charge in [-0.15, -0.1) is 6.42 Å². The average molecular weight is 218 g/mol. The Kier molecular flexibility index (Phi) is 4.05. The second kappa shape index (κ2) is 5.75. The van der Waals surface area contributed by atoms with Crippen LogP contribution in [0.25, 0.3) is 0 Å². The van der Waals surface area contributed by atoms with Crippen molar-refractivity contribution >= 4 is 0 Å². The molecule has 3 heteroatoms. The summed E-state index contributed by atoms with van der Waals surface area (Å²) in [6, 6.07) is 3.85. The van der Waals surface area contributed by atoms with Crippen LogP contribution in [-0.2, 0) is 0 Å². The minimum Gasteiger partial charge on any atom is -0.475 e. The van der Waals surface area contributed by atoms with Crippen molar-refractivity contribution in [2.45, 2.75) is 12.8 Å². The van der Waals surface area contributed by atoms with E-state index in [1.807, 2.05) is 12.1 Å². The van der Waals surface area contributed by atoms with Crippen LogP contribution in [0, 0.1) is 13.3 Å². The quantitative estimate of drug-likeness (QED) is 0.706. The van der Waals surface area contributed by atoms with Gasteiger partial charge >= 0.3 is 0 Å². The van der Waals surface area contributed by atoms with Crippen LogP contribution >= 0.6 is 0 Å². The van der Waals surface area contributed by atoms with Crippen molar-refractivity contribution in [2.75, 3.05) is 26.2 Å². The van der Waals surface area contributed by atoms with E-state index in [4.69, 9.17) is 4.74 Å². The third-order valence-corrected chi connectivity index (χ3v) is 2.85. The Hall–Kier alpha value is -1.22. The fourth-order valence-corrected chi connectivity index (χ4v) is 1.88. The van der Waals surface area contributed by atoms with E-state index in [0.29, 0.717) is 5.88 Å². The lowest BCUT2D eigenvalue weighted by Gasteiger charge is -2.13. The molecule has 2 rings (SSSR count). The van der Waals surface area contributed by atoms with E-state index in [1.54, 1.807) is 12.6 Å². The van der Waals surface area contributed by atoms with Crippen LogP contribution in [0.4, 0.5) is 0 Å². The molecule has 86 valence electrons. The highest BCUT2D eigenvalue weighted by Gasteiger charge is 2.11. The molecule has 0 aliphatic carbocycles. The van der Waals surface area contributed by atoms with Gasteiger partial charge in [0.05, 0.1) is 12.1 Å². The van der Waals surface area contributed by atoms with E-state index in [2.05, 4.69) is 16.8 Å². The minimum atomic E-state index is 0.699. The van der Waals surface area contributed by atoms with Gasteiger partial charge in [-0.2, -0.15) is 4.98 Å². The molecule has 0 amide bonds. The first-order valence-electron chi connectivity index (χ1n) is 5.82. The van der Waals surface area contributed by atoms with Gasteiger partial charge in [-0.3, -0.25) is 11.8 Å². The molecule has 0 aromatic carbocycles. The van der Waals surface area contributed by atoms with Crippen LogP contribution in [0.3, 0.4) is 0 Å². The van der Waals surface area contributed by atoms with Crippen LogP contribution in [0.1, 0.15) is 18.4 Å². The van der Waals surface area contributed by atoms with Gasteiger partial charge in [0, 0.05) is 6.54 Å². The number of rotatable bonds is 5. The largest absolute Gasteiger partial charge is 0.475 e. The van der Waals surface area contributed by atoms with Gasteiger partial charge in [0.2, 0.25) is 5.88 Å². The zero-order valence-corrected chi connectivity index (χ0v) is 9.56. The molecule has 0 atom stereocenters. The molecule has 2 heterocycles. The van der Waals surface area contributed by atoms with E-state index in [1.165, 1.54) is 25.9 Å². The van der Waals surface area contributed by atoms with E-state index in [9.17, 15) is 0 Å². The molecule has 0 bridgehead atoms. The van der Waals surface area contributed by atoms with E-state index < -0.39 is 0 Å². The summed E-state index contributed by atoms with van der Waals surface area (Å²) in [6.07, 6.45) is 6.21. The highest BCUT2D eigenvalue weighted by Crippen LogP contribution is 2.10. The summed E-state index contributed by atoms with van der Waals surface area (Å²) in [5.74, 6) is 0.699. The molecule has 1 aromatic rings. The number of aromatic nitrogens is 1. The van der Waals surface area contributed by atoms with Gasteiger partial charge in [0.25, 0.3) is 0 Å². The molecule has 0 radical (unpaired) electrons. The lowest BCUT2D eigenvalue weighted by atomic mass is 10.2. The van der Waals surface area contributed by atoms with Crippen molar-refractivity contribution in [2.24, 2.45) is 0 Å². The number of ether oxygens (including phenoxy) is 1. The maximum atomic E-state index is 5.58. The maximum Gasteiger partial charge on any atom is 0.240 e. The van der Waals surface area contributed by atoms with E-state index >= 15 is 0 Å². The Morgan fingerprint density at radius 3 is 2.81 bits per heavy atom. The molecule has 1 aliphatic heterocycles. The second-order valence-corrected chi connectivity index (χ2v) is 4.03. The fourth-order valence-electron chi connectivity index (χ4n) is 1.88. The Morgan fingerprint density at radius 2 is 2.19 bits per heavy atom. The normalized spacial score (nSPS) is 16.3. The van der Waals surface area contributed by atoms with Gasteiger partial charge in [-0.05, 0) is 25.9 Å². The molecule has 1 fully saturated rings. The molecule has 0 N–H and O–H groups in total. The van der Waals surface area contributed by atoms with Crippen LogP contribution in [0.5, 0.6) is 5.88 Å². The highest BCUT2D eigenvalue weighted by molar-refractivity contribution is 5.24. The summed E-state index contributed by atoms with van der Waals surface area (Å²) in [5.41, 5.74) is 1.02. The summed E-state index contributed by atoms with van der Waals surface area (Å²) in [7, 11) is 0. The number of nitrogens with zero attached hydrogens (tertiary/aromatic N) is 2. The van der Waals surface area contributed by atoms with Crippen LogP contribution in [0.15, 0.2) is 18.3 Å². The molecule has 0 unspecified atom stereocenters. The smallest absolute Gasteiger partial charge is 0.240 e. The van der Waals surface area contributed by atoms with Crippen LogP contribution in [0.2, 0.25) is 0 Å². The van der Waals surface area contributed by atoms with Crippen molar-refractivity contribution in [1.82, 2.24) is 9.88 Å². The molecular formula is C13H18N2O. The minimum absolute atomic E-state index is 0.699. The second-order valence-electron chi connectivity index (χ2n) is 4.03. The Bertz CT molecular complexity index is 304. The molecule has 0 spiro atoms. The molecule has 3 nitrogen and oxygen atoms in total. The topological polar surface area (TPSA) is 25.4 Å². The van der Waals surface area contributed by atoms with Gasteiger partial charge in [-0.25, -0.2) is 0 Å². The number of hydrogen-bond donors (Lipinski definition) is 0. The summed E-state index contributed by atoms with van der Waals surface area (Å²) in [4.78, 5) is 6.63. The van der Waals surface area contributed by atoms with Gasteiger partial charge in [0.1, 0.15) is 18.4 Å². The Balaban J connectivity index is 1.71. The van der Waals surface area contributed by atoms with Gasteiger partial charge in [-0.1, -0.05) is 0 Å². The summed E-state index contributed by atoms with van der Waals surface area (Å²) < 4.78 is 5.58. The Labute approximate surface area is 97.4 Å². The van der Waals surface area contributed by atoms with Crippen molar-refractivity contribution in [3.8, 4) is 5.88 Å². The van der Waals surface area contributed by atoms with Crippen LogP contribution in [-0.4, -0.2) is 36.1 Å². The van der Waals surface area contributed by atoms with Crippen molar-refractivity contribution < 1.29 is 4.74 Å². The number of hydrogen-bond acceptors (Lipinski definition) is 3. The van der Waals surface area contributed by atoms with Crippen LogP contribution < -0.4 is 4.74 Å². The van der Waals surface area contributed by atoms with E-state index in [0.717, 1.165) is 18.7 Å². The molecule has 1 saturated heterocycles. The first kappa shape index (κ1) is 11.3. The summed E-state index contributed by atoms with van der Waals surface area (Å²) in [6.45, 7) is 7.84. The zero-order valence-electron chi connectivity index (χ0n) is 9.56. The predicted octanol–water partition coefficient (Wildman–Crippen LogP) is 1.94. The molecular weight excluding hydrogens is 200 g/mol. The molecule has 1 aliphatic rings. The molecule has 0 saturated carbocycles. The Morgan fingerprint density at radius 1 is 1.38 bits per heavy atom. The zero-order chi connectivity index (χ0) is 11.2. The van der Waals surface area contributed by atoms with E-state index in [-0.39, 0.29) is 0 Å². The maximum absolute atomic E-state index is 5.58. The lowest BCUT2D eigenvalue weighted by Crippen LogP contribution is -2.25. The van der Waals surface area contributed by atoms with Gasteiger partial charge < -0.3 is 4.74 Å². The standard InChI is InChI=1S/C13H18N2O/c1-2-12-5-6-13(14-11-12)16-10-9-15-7-3-4-8-15/h2,5-6,11H,1,3-4,7-10H2. The van der Waals surface area contributed by atoms with Crippen molar-refractivity contribution in [1.29, 1.82) is 0 Å². The number of pyridine rings is 1. The SMILES string of the molecule is [CH2-][CH+]c1ccc(OCCN2CCCC2)nc1. The number of likely N-dealkylation sites (tertiary alicyclic amines) is 1. The van der Waals surface area contributed by atoms with Gasteiger partial charge in [0.15, 0.2) is 0 Å². The third kappa shape index (κ3) is 3.14. The average Bonchev–Trinajstić information content (AvgIpc) is 2.83. The molecule has 16 heavy (non-hydrogen) atoms. The first-order chi connectivity index (χ1) is 7.88. The summed E-state index contributed by atoms with van der Waals surface area (Å²) in [5, 5.41) is 0. The molecule has 1 aromatic heterocycles.